The second-order valence-corrected chi connectivity index (χ2v) is 9.94. The maximum Gasteiger partial charge on any atom is 0.185 e. The third-order valence-electron chi connectivity index (χ3n) is 6.91. The number of hydrogen-bond donors (Lipinski definition) is 1. The van der Waals surface area contributed by atoms with Gasteiger partial charge in [-0.1, -0.05) is 52.0 Å². The van der Waals surface area contributed by atoms with Crippen molar-refractivity contribution in [3.05, 3.63) is 36.1 Å². The van der Waals surface area contributed by atoms with Gasteiger partial charge in [-0.15, -0.1) is 0 Å². The van der Waals surface area contributed by atoms with Crippen LogP contribution in [0.25, 0.3) is 0 Å². The number of carbonyl (C=O) groups excluding carboxylic acids is 1. The van der Waals surface area contributed by atoms with E-state index in [9.17, 15) is 13.6 Å². The fraction of sp³-hybridized carbons (Fsp3) is 0.720. The van der Waals surface area contributed by atoms with Crippen LogP contribution in [-0.2, 0) is 4.79 Å². The van der Waals surface area contributed by atoms with Crippen LogP contribution in [0, 0.1) is 11.3 Å². The zero-order valence-electron chi connectivity index (χ0n) is 20.4. The minimum Gasteiger partial charge on any atom is -0.310 e. The van der Waals surface area contributed by atoms with Crippen molar-refractivity contribution in [2.75, 3.05) is 27.4 Å². The summed E-state index contributed by atoms with van der Waals surface area (Å²) in [6.07, 6.45) is 8.39. The summed E-state index contributed by atoms with van der Waals surface area (Å²) in [4.78, 5) is 13.2. The first kappa shape index (κ1) is 26.7. The molecule has 1 N–H and O–H groups in total. The van der Waals surface area contributed by atoms with Crippen LogP contribution >= 0.6 is 0 Å². The third kappa shape index (κ3) is 5.14. The van der Waals surface area contributed by atoms with Gasteiger partial charge in [0.05, 0.1) is 18.0 Å². The van der Waals surface area contributed by atoms with Gasteiger partial charge >= 0.3 is 0 Å². The highest BCUT2D eigenvalue weighted by molar-refractivity contribution is 5.84. The molecule has 4 unspecified atom stereocenters. The predicted octanol–water partition coefficient (Wildman–Crippen LogP) is 4.94. The molecule has 0 aromatic heterocycles. The summed E-state index contributed by atoms with van der Waals surface area (Å²) in [6.45, 7) is 9.24. The van der Waals surface area contributed by atoms with Crippen molar-refractivity contribution in [1.29, 1.82) is 0 Å². The number of allylic oxidation sites excluding steroid dienone is 2. The van der Waals surface area contributed by atoms with Crippen molar-refractivity contribution >= 4 is 5.78 Å². The van der Waals surface area contributed by atoms with E-state index in [-0.39, 0.29) is 29.7 Å². The standard InChI is InChI=1S/C25H40F3N3O/c1-8-10-18(11-12-19(29-6)17(3)9-2)31-20-13-24(4,5)14-21(32)22(20)23(30(31)7)25(28,15-26)16-27/h10-12,19-20,22-23,29H,3,8-9,13-16H2,1-2,4-7H3/b12-11?,18-10+. The average molecular weight is 456 g/mol. The van der Waals surface area contributed by atoms with E-state index in [2.05, 4.69) is 11.9 Å². The van der Waals surface area contributed by atoms with Crippen LogP contribution in [0.5, 0.6) is 0 Å². The van der Waals surface area contributed by atoms with Crippen LogP contribution in [0.1, 0.15) is 53.4 Å². The van der Waals surface area contributed by atoms with E-state index in [1.165, 1.54) is 0 Å². The normalized spacial score (nSPS) is 27.8. The van der Waals surface area contributed by atoms with Crippen LogP contribution in [0.4, 0.5) is 13.2 Å². The van der Waals surface area contributed by atoms with Gasteiger partial charge in [0.15, 0.2) is 5.67 Å². The van der Waals surface area contributed by atoms with Crippen LogP contribution < -0.4 is 5.32 Å². The molecule has 32 heavy (non-hydrogen) atoms. The first-order valence-electron chi connectivity index (χ1n) is 11.6. The quantitative estimate of drug-likeness (QED) is 0.374. The van der Waals surface area contributed by atoms with Gasteiger partial charge in [-0.2, -0.15) is 0 Å². The fourth-order valence-electron chi connectivity index (χ4n) is 5.32. The number of hydrazine groups is 1. The third-order valence-corrected chi connectivity index (χ3v) is 6.91. The second-order valence-electron chi connectivity index (χ2n) is 9.94. The van der Waals surface area contributed by atoms with Gasteiger partial charge in [0, 0.05) is 25.2 Å². The molecule has 2 aliphatic rings. The highest BCUT2D eigenvalue weighted by Gasteiger charge is 2.61. The maximum absolute atomic E-state index is 15.5. The first-order chi connectivity index (χ1) is 15.0. The number of fused-ring (bicyclic) bond motifs is 1. The number of rotatable bonds is 10. The van der Waals surface area contributed by atoms with Crippen molar-refractivity contribution in [2.24, 2.45) is 11.3 Å². The number of nitrogens with zero attached hydrogens (tertiary/aromatic N) is 2. The minimum atomic E-state index is -2.73. The summed E-state index contributed by atoms with van der Waals surface area (Å²) in [7, 11) is 3.50. The first-order valence-corrected chi connectivity index (χ1v) is 11.6. The molecule has 1 heterocycles. The molecule has 1 aliphatic heterocycles. The Morgan fingerprint density at radius 3 is 2.47 bits per heavy atom. The van der Waals surface area contributed by atoms with Gasteiger partial charge in [0.2, 0.25) is 0 Å². The number of carbonyl (C=O) groups is 1. The molecular formula is C25H40F3N3O. The number of ketones is 1. The number of nitrogens with one attached hydrogen (secondary N) is 1. The number of alkyl halides is 3. The number of hydrogen-bond acceptors (Lipinski definition) is 4. The lowest BCUT2D eigenvalue weighted by atomic mass is 9.66. The molecule has 2 fully saturated rings. The van der Waals surface area contributed by atoms with E-state index in [1.807, 2.05) is 58.0 Å². The van der Waals surface area contributed by atoms with Crippen LogP contribution in [0.3, 0.4) is 0 Å². The number of Topliss-reactive ketones (excluding diaryl/α,β-unsaturated/α-hetero) is 1. The molecule has 182 valence electrons. The van der Waals surface area contributed by atoms with E-state index >= 15 is 4.39 Å². The molecule has 7 heteroatoms. The van der Waals surface area contributed by atoms with Gasteiger partial charge in [0.25, 0.3) is 0 Å². The summed E-state index contributed by atoms with van der Waals surface area (Å²) >= 11 is 0. The zero-order chi connectivity index (χ0) is 24.3. The van der Waals surface area contributed by atoms with Crippen molar-refractivity contribution in [3.63, 3.8) is 0 Å². The van der Waals surface area contributed by atoms with E-state index < -0.39 is 31.0 Å². The molecule has 0 bridgehead atoms. The van der Waals surface area contributed by atoms with Crippen LogP contribution in [0.15, 0.2) is 36.1 Å². The smallest absolute Gasteiger partial charge is 0.185 e. The molecule has 1 saturated carbocycles. The molecule has 0 spiro atoms. The Balaban J connectivity index is 2.55. The molecule has 0 aromatic carbocycles. The monoisotopic (exact) mass is 455 g/mol. The minimum absolute atomic E-state index is 0.0406. The topological polar surface area (TPSA) is 35.6 Å². The maximum atomic E-state index is 15.5. The zero-order valence-corrected chi connectivity index (χ0v) is 20.4. The average Bonchev–Trinajstić information content (AvgIpc) is 3.03. The van der Waals surface area contributed by atoms with Gasteiger partial charge in [0.1, 0.15) is 19.1 Å². The van der Waals surface area contributed by atoms with Crippen LogP contribution in [-0.4, -0.2) is 67.0 Å². The molecule has 1 saturated heterocycles. The Kier molecular flexibility index (Phi) is 8.79. The highest BCUT2D eigenvalue weighted by Crippen LogP contribution is 2.49. The van der Waals surface area contributed by atoms with Gasteiger partial charge in [-0.25, -0.2) is 18.2 Å². The molecule has 4 nitrogen and oxygen atoms in total. The van der Waals surface area contributed by atoms with Crippen molar-refractivity contribution in [1.82, 2.24) is 15.3 Å². The Morgan fingerprint density at radius 1 is 1.34 bits per heavy atom. The highest BCUT2D eigenvalue weighted by atomic mass is 19.2. The van der Waals surface area contributed by atoms with Crippen molar-refractivity contribution in [3.8, 4) is 0 Å². The van der Waals surface area contributed by atoms with E-state index in [4.69, 9.17) is 0 Å². The fourth-order valence-corrected chi connectivity index (χ4v) is 5.32. The molecule has 2 rings (SSSR count). The summed E-state index contributed by atoms with van der Waals surface area (Å²) < 4.78 is 43.0. The lowest BCUT2D eigenvalue weighted by molar-refractivity contribution is -0.131. The lowest BCUT2D eigenvalue weighted by Gasteiger charge is -2.41. The largest absolute Gasteiger partial charge is 0.310 e. The van der Waals surface area contributed by atoms with Gasteiger partial charge in [-0.3, -0.25) is 4.79 Å². The Labute approximate surface area is 191 Å². The Hall–Kier alpha value is -1.60. The Bertz CT molecular complexity index is 745. The summed E-state index contributed by atoms with van der Waals surface area (Å²) in [5.41, 5.74) is -1.19. The SMILES string of the molecule is C=C(CC)C(C=C/C(=C\CC)N1C2CC(C)(C)CC(=O)C2C(C(F)(CF)CF)N1C)NC. The molecule has 0 amide bonds. The van der Waals surface area contributed by atoms with E-state index in [0.717, 1.165) is 24.1 Å². The van der Waals surface area contributed by atoms with E-state index in [0.29, 0.717) is 6.42 Å². The van der Waals surface area contributed by atoms with Crippen LogP contribution in [0.2, 0.25) is 0 Å². The Morgan fingerprint density at radius 2 is 1.97 bits per heavy atom. The predicted molar refractivity (Wildman–Crippen MR) is 124 cm³/mol. The second kappa shape index (κ2) is 10.6. The molecule has 4 atom stereocenters. The van der Waals surface area contributed by atoms with Crippen molar-refractivity contribution in [2.45, 2.75) is 77.2 Å². The summed E-state index contributed by atoms with van der Waals surface area (Å²) in [5, 5.41) is 6.69. The van der Waals surface area contributed by atoms with Crippen molar-refractivity contribution < 1.29 is 18.0 Å². The summed E-state index contributed by atoms with van der Waals surface area (Å²) in [6, 6.07) is -1.59. The van der Waals surface area contributed by atoms with E-state index in [1.54, 1.807) is 12.1 Å². The number of likely N-dealkylation sites (N-methyl/N-ethyl adjacent to an activating group) is 1. The molecule has 0 radical (unpaired) electrons. The molecular weight excluding hydrogens is 415 g/mol. The van der Waals surface area contributed by atoms with Gasteiger partial charge in [-0.05, 0) is 37.8 Å². The summed E-state index contributed by atoms with van der Waals surface area (Å²) in [5.74, 6) is -0.911. The lowest BCUT2D eigenvalue weighted by Crippen LogP contribution is -2.55. The molecule has 1 aliphatic carbocycles. The van der Waals surface area contributed by atoms with Gasteiger partial charge < -0.3 is 10.3 Å². The molecule has 0 aromatic rings. The number of halogens is 3.